The van der Waals surface area contributed by atoms with E-state index in [0.29, 0.717) is 29.4 Å². The van der Waals surface area contributed by atoms with Crippen LogP contribution in [0.25, 0.3) is 10.9 Å². The molecule has 9 nitrogen and oxygen atoms in total. The first-order chi connectivity index (χ1) is 14.8. The lowest BCUT2D eigenvalue weighted by molar-refractivity contribution is -0.146. The van der Waals surface area contributed by atoms with E-state index >= 15 is 0 Å². The highest BCUT2D eigenvalue weighted by atomic mass is 19.1. The monoisotopic (exact) mass is 424 g/mol. The number of nitrogens with one attached hydrogen (secondary N) is 2. The molecule has 31 heavy (non-hydrogen) atoms. The van der Waals surface area contributed by atoms with Crippen LogP contribution in [0.2, 0.25) is 0 Å². The van der Waals surface area contributed by atoms with Crippen LogP contribution < -0.4 is 11.1 Å². The van der Waals surface area contributed by atoms with Gasteiger partial charge in [-0.2, -0.15) is 5.10 Å². The number of piperidine rings is 1. The van der Waals surface area contributed by atoms with Crippen molar-refractivity contribution < 1.29 is 18.8 Å². The van der Waals surface area contributed by atoms with Crippen molar-refractivity contribution in [2.24, 2.45) is 11.7 Å². The highest BCUT2D eigenvalue weighted by Gasteiger charge is 2.36. The fourth-order valence-corrected chi connectivity index (χ4v) is 3.93. The molecule has 1 aliphatic heterocycles. The number of halogens is 1. The molecule has 2 atom stereocenters. The minimum atomic E-state index is -0.968. The zero-order valence-electron chi connectivity index (χ0n) is 16.8. The molecule has 3 heterocycles. The van der Waals surface area contributed by atoms with Gasteiger partial charge in [0.25, 0.3) is 5.91 Å². The lowest BCUT2D eigenvalue weighted by Crippen LogP contribution is -2.47. The smallest absolute Gasteiger partial charge is 0.315 e. The molecular weight excluding hydrogens is 403 g/mol. The van der Waals surface area contributed by atoms with Crippen LogP contribution in [-0.4, -0.2) is 44.3 Å². The van der Waals surface area contributed by atoms with Crippen LogP contribution in [0.1, 0.15) is 41.7 Å². The summed E-state index contributed by atoms with van der Waals surface area (Å²) in [5.74, 6) is -3.01. The van der Waals surface area contributed by atoms with Crippen LogP contribution in [0, 0.1) is 11.7 Å². The third-order valence-electron chi connectivity index (χ3n) is 5.49. The van der Waals surface area contributed by atoms with E-state index in [4.69, 9.17) is 5.73 Å². The van der Waals surface area contributed by atoms with Gasteiger partial charge < -0.3 is 16.0 Å². The number of primary amides is 1. The minimum Gasteiger partial charge on any atom is -0.365 e. The maximum Gasteiger partial charge on any atom is 0.315 e. The number of benzene rings is 1. The van der Waals surface area contributed by atoms with E-state index in [1.54, 1.807) is 12.3 Å². The molecule has 4 N–H and O–H groups in total. The van der Waals surface area contributed by atoms with Gasteiger partial charge in [0.2, 0.25) is 0 Å². The Bertz CT molecular complexity index is 1180. The van der Waals surface area contributed by atoms with E-state index in [-0.39, 0.29) is 17.3 Å². The van der Waals surface area contributed by atoms with Crippen LogP contribution in [0.4, 0.5) is 10.2 Å². The molecule has 2 aromatic heterocycles. The Morgan fingerprint density at radius 2 is 2.10 bits per heavy atom. The van der Waals surface area contributed by atoms with Crippen LogP contribution in [0.3, 0.4) is 0 Å². The lowest BCUT2D eigenvalue weighted by Gasteiger charge is -2.38. The summed E-state index contributed by atoms with van der Waals surface area (Å²) in [6.45, 7) is 2.26. The number of hydrogen-bond donors (Lipinski definition) is 3. The van der Waals surface area contributed by atoms with Gasteiger partial charge in [0.05, 0.1) is 23.3 Å². The quantitative estimate of drug-likeness (QED) is 0.554. The van der Waals surface area contributed by atoms with Crippen molar-refractivity contribution in [1.29, 1.82) is 0 Å². The number of aromatic nitrogens is 3. The SMILES string of the molecule is C[C@H]1CC[C@H](c2cc3cn[nH]c3cc2F)N(C(=O)C(=O)Nc2ncccc2C(N)=O)C1. The molecule has 0 aliphatic carbocycles. The van der Waals surface area contributed by atoms with E-state index in [9.17, 15) is 18.8 Å². The molecule has 10 heteroatoms. The molecule has 0 spiro atoms. The number of likely N-dealkylation sites (tertiary alicyclic amines) is 1. The number of aromatic amines is 1. The van der Waals surface area contributed by atoms with Gasteiger partial charge in [0, 0.05) is 23.7 Å². The number of hydrogen-bond acceptors (Lipinski definition) is 5. The van der Waals surface area contributed by atoms with Gasteiger partial charge >= 0.3 is 11.8 Å². The molecule has 1 aliphatic rings. The summed E-state index contributed by atoms with van der Waals surface area (Å²) in [6, 6.07) is 5.28. The van der Waals surface area contributed by atoms with Gasteiger partial charge in [0.1, 0.15) is 11.6 Å². The summed E-state index contributed by atoms with van der Waals surface area (Å²) in [5, 5.41) is 9.70. The average molecular weight is 424 g/mol. The molecule has 4 rings (SSSR count). The second kappa shape index (κ2) is 8.13. The molecule has 160 valence electrons. The third kappa shape index (κ3) is 3.96. The standard InChI is InChI=1S/C21H21FN6O3/c1-11-4-5-17(14-7-12-9-25-27-16(12)8-15(14)22)28(10-11)21(31)20(30)26-19-13(18(23)29)3-2-6-24-19/h2-3,6-9,11,17H,4-5,10H2,1H3,(H2,23,29)(H,25,27)(H,24,26,30)/t11-,17+/m0/s1. The van der Waals surface area contributed by atoms with Crippen LogP contribution in [-0.2, 0) is 9.59 Å². The number of anilines is 1. The number of rotatable bonds is 3. The Morgan fingerprint density at radius 3 is 2.87 bits per heavy atom. The van der Waals surface area contributed by atoms with E-state index < -0.39 is 29.6 Å². The molecule has 3 aromatic rings. The van der Waals surface area contributed by atoms with Crippen molar-refractivity contribution in [3.8, 4) is 0 Å². The highest BCUT2D eigenvalue weighted by molar-refractivity contribution is 6.39. The van der Waals surface area contributed by atoms with Crippen molar-refractivity contribution in [2.75, 3.05) is 11.9 Å². The molecule has 1 fully saturated rings. The summed E-state index contributed by atoms with van der Waals surface area (Å²) >= 11 is 0. The average Bonchev–Trinajstić information content (AvgIpc) is 3.20. The maximum absolute atomic E-state index is 14.9. The molecular formula is C21H21FN6O3. The zero-order chi connectivity index (χ0) is 22.1. The number of carbonyl (C=O) groups excluding carboxylic acids is 3. The molecule has 1 aromatic carbocycles. The van der Waals surface area contributed by atoms with Gasteiger partial charge in [-0.1, -0.05) is 6.92 Å². The summed E-state index contributed by atoms with van der Waals surface area (Å²) < 4.78 is 14.9. The minimum absolute atomic E-state index is 0.0105. The van der Waals surface area contributed by atoms with Gasteiger partial charge in [0.15, 0.2) is 0 Å². The topological polar surface area (TPSA) is 134 Å². The van der Waals surface area contributed by atoms with E-state index in [0.717, 1.165) is 6.42 Å². The van der Waals surface area contributed by atoms with Gasteiger partial charge in [-0.3, -0.25) is 19.5 Å². The number of pyridine rings is 1. The predicted octanol–water partition coefficient (Wildman–Crippen LogP) is 2.13. The van der Waals surface area contributed by atoms with Crippen molar-refractivity contribution in [3.63, 3.8) is 0 Å². The van der Waals surface area contributed by atoms with Crippen molar-refractivity contribution >= 4 is 34.4 Å². The second-order valence-electron chi connectivity index (χ2n) is 7.70. The lowest BCUT2D eigenvalue weighted by atomic mass is 9.89. The number of carbonyl (C=O) groups is 3. The van der Waals surface area contributed by atoms with Crippen molar-refractivity contribution in [3.05, 3.63) is 53.6 Å². The third-order valence-corrected chi connectivity index (χ3v) is 5.49. The Labute approximate surface area is 176 Å². The zero-order valence-corrected chi connectivity index (χ0v) is 16.8. The van der Waals surface area contributed by atoms with Crippen molar-refractivity contribution in [1.82, 2.24) is 20.1 Å². The van der Waals surface area contributed by atoms with Gasteiger partial charge in [-0.25, -0.2) is 9.37 Å². The summed E-state index contributed by atoms with van der Waals surface area (Å²) in [7, 11) is 0. The molecule has 0 unspecified atom stereocenters. The molecule has 1 saturated heterocycles. The summed E-state index contributed by atoms with van der Waals surface area (Å²) in [5.41, 5.74) is 6.18. The second-order valence-corrected chi connectivity index (χ2v) is 7.70. The first-order valence-corrected chi connectivity index (χ1v) is 9.84. The Kier molecular flexibility index (Phi) is 5.37. The first kappa shape index (κ1) is 20.5. The Morgan fingerprint density at radius 1 is 1.29 bits per heavy atom. The van der Waals surface area contributed by atoms with Gasteiger partial charge in [-0.15, -0.1) is 0 Å². The van der Waals surface area contributed by atoms with Crippen molar-refractivity contribution in [2.45, 2.75) is 25.8 Å². The first-order valence-electron chi connectivity index (χ1n) is 9.84. The highest BCUT2D eigenvalue weighted by Crippen LogP contribution is 2.36. The van der Waals surface area contributed by atoms with E-state index in [1.165, 1.54) is 29.3 Å². The largest absolute Gasteiger partial charge is 0.365 e. The van der Waals surface area contributed by atoms with E-state index in [2.05, 4.69) is 20.5 Å². The maximum atomic E-state index is 14.9. The summed E-state index contributed by atoms with van der Waals surface area (Å²) in [6.07, 6.45) is 4.24. The summed E-state index contributed by atoms with van der Waals surface area (Å²) in [4.78, 5) is 42.7. The predicted molar refractivity (Wildman–Crippen MR) is 110 cm³/mol. The van der Waals surface area contributed by atoms with Crippen LogP contribution in [0.15, 0.2) is 36.7 Å². The van der Waals surface area contributed by atoms with Gasteiger partial charge in [-0.05, 0) is 43.0 Å². The molecule has 0 radical (unpaired) electrons. The van der Waals surface area contributed by atoms with Crippen LogP contribution >= 0.6 is 0 Å². The number of nitrogens with zero attached hydrogens (tertiary/aromatic N) is 3. The number of fused-ring (bicyclic) bond motifs is 1. The number of H-pyrrole nitrogens is 1. The molecule has 0 saturated carbocycles. The number of amides is 3. The normalized spacial score (nSPS) is 18.7. The fraction of sp³-hybridized carbons (Fsp3) is 0.286. The van der Waals surface area contributed by atoms with E-state index in [1.807, 2.05) is 6.92 Å². The molecule has 0 bridgehead atoms. The fourth-order valence-electron chi connectivity index (χ4n) is 3.93. The Hall–Kier alpha value is -3.82. The number of nitrogens with two attached hydrogens (primary N) is 1. The molecule has 3 amide bonds. The Balaban J connectivity index is 1.63. The van der Waals surface area contributed by atoms with Crippen LogP contribution in [0.5, 0.6) is 0 Å².